The lowest BCUT2D eigenvalue weighted by Crippen LogP contribution is -2.40. The molecule has 1 saturated heterocycles. The molecular formula is C21H24ClN9O4. The molecule has 1 fully saturated rings. The van der Waals surface area contributed by atoms with Gasteiger partial charge in [-0.1, -0.05) is 16.7 Å². The summed E-state index contributed by atoms with van der Waals surface area (Å²) in [4.78, 5) is 27.9. The van der Waals surface area contributed by atoms with Crippen LogP contribution in [-0.4, -0.2) is 61.9 Å². The topological polar surface area (TPSA) is 172 Å². The average molecular weight is 502 g/mol. The smallest absolute Gasteiger partial charge is 0.249 e. The number of amides is 1. The van der Waals surface area contributed by atoms with Crippen molar-refractivity contribution in [3.8, 4) is 5.75 Å². The summed E-state index contributed by atoms with van der Waals surface area (Å²) in [6, 6.07) is 4.26. The van der Waals surface area contributed by atoms with Crippen molar-refractivity contribution < 1.29 is 19.4 Å². The minimum Gasteiger partial charge on any atom is -0.491 e. The Kier molecular flexibility index (Phi) is 7.22. The summed E-state index contributed by atoms with van der Waals surface area (Å²) in [5.74, 6) is 0.608. The lowest BCUT2D eigenvalue weighted by atomic mass is 10.1. The predicted octanol–water partition coefficient (Wildman–Crippen LogP) is 2.56. The quantitative estimate of drug-likeness (QED) is 0.240. The number of hydrogen-bond donors (Lipinski definition) is 3. The summed E-state index contributed by atoms with van der Waals surface area (Å²) < 4.78 is 13.1. The summed E-state index contributed by atoms with van der Waals surface area (Å²) in [6.45, 7) is 4.22. The van der Waals surface area contributed by atoms with E-state index in [-0.39, 0.29) is 6.10 Å². The molecule has 0 aliphatic carbocycles. The number of anilines is 1. The van der Waals surface area contributed by atoms with Gasteiger partial charge in [0.2, 0.25) is 5.91 Å². The molecule has 0 saturated carbocycles. The molecule has 1 amide bonds. The van der Waals surface area contributed by atoms with Crippen molar-refractivity contribution in [2.24, 2.45) is 5.11 Å². The largest absolute Gasteiger partial charge is 0.491 e. The van der Waals surface area contributed by atoms with Crippen LogP contribution in [0, 0.1) is 0 Å². The first kappa shape index (κ1) is 24.5. The van der Waals surface area contributed by atoms with Gasteiger partial charge in [0.1, 0.15) is 30.3 Å². The van der Waals surface area contributed by atoms with Gasteiger partial charge >= 0.3 is 0 Å². The fourth-order valence-corrected chi connectivity index (χ4v) is 4.03. The molecule has 3 N–H and O–H groups in total. The zero-order valence-electron chi connectivity index (χ0n) is 19.2. The Hall–Kier alpha value is -3.64. The molecular weight excluding hydrogens is 478 g/mol. The number of fused-ring (bicyclic) bond motifs is 1. The molecule has 35 heavy (non-hydrogen) atoms. The first-order valence-electron chi connectivity index (χ1n) is 10.8. The van der Waals surface area contributed by atoms with E-state index in [9.17, 15) is 9.90 Å². The lowest BCUT2D eigenvalue weighted by molar-refractivity contribution is -0.134. The monoisotopic (exact) mass is 501 g/mol. The van der Waals surface area contributed by atoms with E-state index in [1.165, 1.54) is 24.3 Å². The van der Waals surface area contributed by atoms with Crippen molar-refractivity contribution in [1.29, 1.82) is 0 Å². The summed E-state index contributed by atoms with van der Waals surface area (Å²) in [6.07, 6.45) is -0.782. The van der Waals surface area contributed by atoms with E-state index in [0.29, 0.717) is 34.3 Å². The molecule has 3 aromatic rings. The predicted molar refractivity (Wildman–Crippen MR) is 127 cm³/mol. The second-order valence-electron chi connectivity index (χ2n) is 8.07. The van der Waals surface area contributed by atoms with E-state index in [2.05, 4.69) is 35.6 Å². The van der Waals surface area contributed by atoms with Crippen LogP contribution in [0.1, 0.15) is 25.6 Å². The van der Waals surface area contributed by atoms with Crippen LogP contribution in [0.15, 0.2) is 36.0 Å². The summed E-state index contributed by atoms with van der Waals surface area (Å²) in [5.41, 5.74) is 10.5. The zero-order chi connectivity index (χ0) is 25.1. The maximum Gasteiger partial charge on any atom is 0.249 e. The minimum atomic E-state index is -1.31. The van der Waals surface area contributed by atoms with Gasteiger partial charge in [0.05, 0.1) is 12.4 Å². The van der Waals surface area contributed by atoms with Gasteiger partial charge in [-0.05, 0) is 37.6 Å². The minimum absolute atomic E-state index is 0.0120. The Balaban J connectivity index is 1.62. The third-order valence-corrected chi connectivity index (χ3v) is 5.63. The number of carbonyl (C=O) groups excluding carboxylic acids is 1. The van der Waals surface area contributed by atoms with Crippen LogP contribution in [0.25, 0.3) is 21.6 Å². The molecule has 13 nitrogen and oxygen atoms in total. The molecule has 14 heteroatoms. The maximum atomic E-state index is 12.2. The molecule has 1 aromatic carbocycles. The summed E-state index contributed by atoms with van der Waals surface area (Å²) in [5, 5.41) is 20.6. The first-order chi connectivity index (χ1) is 16.8. The van der Waals surface area contributed by atoms with Crippen molar-refractivity contribution >= 4 is 34.5 Å². The maximum absolute atomic E-state index is 12.2. The van der Waals surface area contributed by atoms with Crippen molar-refractivity contribution in [3.05, 3.63) is 51.9 Å². The van der Waals surface area contributed by atoms with Gasteiger partial charge in [0.25, 0.3) is 0 Å². The van der Waals surface area contributed by atoms with Crippen LogP contribution in [0.3, 0.4) is 0 Å². The lowest BCUT2D eigenvalue weighted by Gasteiger charge is -2.17. The van der Waals surface area contributed by atoms with Crippen LogP contribution in [-0.2, 0) is 16.1 Å². The van der Waals surface area contributed by atoms with Crippen molar-refractivity contribution in [2.45, 2.75) is 51.0 Å². The third kappa shape index (κ3) is 4.93. The fraction of sp³-hybridized carbons (Fsp3) is 0.429. The van der Waals surface area contributed by atoms with Crippen LogP contribution < -0.4 is 15.4 Å². The molecule has 4 atom stereocenters. The van der Waals surface area contributed by atoms with E-state index >= 15 is 0 Å². The summed E-state index contributed by atoms with van der Waals surface area (Å²) >= 11 is 6.18. The Morgan fingerprint density at radius 2 is 2.20 bits per heavy atom. The highest BCUT2D eigenvalue weighted by molar-refractivity contribution is 6.30. The fourth-order valence-electron chi connectivity index (χ4n) is 3.84. The molecule has 0 spiro atoms. The first-order valence-corrected chi connectivity index (χ1v) is 11.2. The SMILES string of the molecule is CNC(=O)C1OC(n2cnc3c(NCc4cc(Cl)ccc4OC(C)C)ncnc32)C(O)C1N=[N+]=[N-]. The standard InChI is InChI=1S/C21H24ClN9O4/c1-10(2)34-13-5-4-12(22)6-11(13)7-25-18-15-19(27-8-26-18)31(9-28-15)21-16(32)14(29-30-23)17(35-21)20(33)24-3/h4-6,8-10,14,16-17,21,32H,7H2,1-3H3,(H,24,33)(H,25,26,27). The van der Waals surface area contributed by atoms with Crippen molar-refractivity contribution in [2.75, 3.05) is 12.4 Å². The van der Waals surface area contributed by atoms with Crippen molar-refractivity contribution in [1.82, 2.24) is 24.8 Å². The Morgan fingerprint density at radius 3 is 2.91 bits per heavy atom. The molecule has 0 radical (unpaired) electrons. The average Bonchev–Trinajstić information content (AvgIpc) is 3.40. The van der Waals surface area contributed by atoms with Gasteiger partial charge in [0, 0.05) is 29.1 Å². The highest BCUT2D eigenvalue weighted by Gasteiger charge is 2.48. The van der Waals surface area contributed by atoms with E-state index in [4.69, 9.17) is 26.6 Å². The molecule has 4 unspecified atom stereocenters. The molecule has 3 heterocycles. The van der Waals surface area contributed by atoms with Crippen LogP contribution in [0.5, 0.6) is 5.75 Å². The van der Waals surface area contributed by atoms with E-state index in [0.717, 1.165) is 5.56 Å². The van der Waals surface area contributed by atoms with E-state index < -0.39 is 30.4 Å². The third-order valence-electron chi connectivity index (χ3n) is 5.39. The Bertz CT molecular complexity index is 1280. The highest BCUT2D eigenvalue weighted by Crippen LogP contribution is 2.34. The number of ether oxygens (including phenoxy) is 2. The van der Waals surface area contributed by atoms with Gasteiger partial charge in [0.15, 0.2) is 23.2 Å². The van der Waals surface area contributed by atoms with Gasteiger partial charge in [-0.2, -0.15) is 0 Å². The van der Waals surface area contributed by atoms with Gasteiger partial charge in [-0.3, -0.25) is 9.36 Å². The van der Waals surface area contributed by atoms with Crippen LogP contribution in [0.4, 0.5) is 5.82 Å². The molecule has 1 aliphatic heterocycles. The van der Waals surface area contributed by atoms with Crippen molar-refractivity contribution in [3.63, 3.8) is 0 Å². The van der Waals surface area contributed by atoms with E-state index in [1.54, 1.807) is 12.1 Å². The van der Waals surface area contributed by atoms with Gasteiger partial charge < -0.3 is 25.2 Å². The normalized spacial score (nSPS) is 21.7. The number of aliphatic hydroxyl groups is 1. The highest BCUT2D eigenvalue weighted by atomic mass is 35.5. The number of carbonyl (C=O) groups is 1. The van der Waals surface area contributed by atoms with Crippen LogP contribution in [0.2, 0.25) is 5.02 Å². The number of likely N-dealkylation sites (N-methyl/N-ethyl adjacent to an activating group) is 1. The molecule has 4 rings (SSSR count). The van der Waals surface area contributed by atoms with Crippen LogP contribution >= 0.6 is 11.6 Å². The number of benzene rings is 1. The number of hydrogen-bond acceptors (Lipinski definition) is 9. The number of aromatic nitrogens is 4. The van der Waals surface area contributed by atoms with Gasteiger partial charge in [-0.15, -0.1) is 0 Å². The molecule has 2 aromatic heterocycles. The number of imidazole rings is 1. The Labute approximate surface area is 205 Å². The second kappa shape index (κ2) is 10.3. The number of halogens is 1. The number of azide groups is 1. The number of nitrogens with one attached hydrogen (secondary N) is 2. The number of rotatable bonds is 8. The number of aliphatic hydroxyl groups excluding tert-OH is 1. The molecule has 1 aliphatic rings. The number of nitrogens with zero attached hydrogens (tertiary/aromatic N) is 7. The van der Waals surface area contributed by atoms with Gasteiger partial charge in [-0.25, -0.2) is 15.0 Å². The summed E-state index contributed by atoms with van der Waals surface area (Å²) in [7, 11) is 1.42. The Morgan fingerprint density at radius 1 is 1.40 bits per heavy atom. The molecule has 184 valence electrons. The zero-order valence-corrected chi connectivity index (χ0v) is 19.9. The van der Waals surface area contributed by atoms with E-state index in [1.807, 2.05) is 19.9 Å². The molecule has 0 bridgehead atoms. The second-order valence-corrected chi connectivity index (χ2v) is 8.50.